The Morgan fingerprint density at radius 1 is 1.40 bits per heavy atom. The molecule has 0 saturated heterocycles. The van der Waals surface area contributed by atoms with Gasteiger partial charge in [-0.1, -0.05) is 0 Å². The second kappa shape index (κ2) is 2.74. The topological polar surface area (TPSA) is 22.0 Å². The summed E-state index contributed by atoms with van der Waals surface area (Å²) >= 11 is 0.981. The molecule has 0 aromatic carbocycles. The van der Waals surface area contributed by atoms with E-state index in [4.69, 9.17) is 0 Å². The van der Waals surface area contributed by atoms with Crippen LogP contribution >= 0.6 is 0 Å². The molecule has 1 aromatic heterocycles. The molecule has 1 rings (SSSR count). The molecule has 0 fully saturated rings. The van der Waals surface area contributed by atoms with Crippen LogP contribution in [0.3, 0.4) is 0 Å². The quantitative estimate of drug-likeness (QED) is 0.694. The van der Waals surface area contributed by atoms with E-state index in [0.29, 0.717) is 0 Å². The van der Waals surface area contributed by atoms with Crippen molar-refractivity contribution in [1.29, 1.82) is 0 Å². The molecule has 0 spiro atoms. The third kappa shape index (κ3) is 1.24. The molecule has 0 aliphatic rings. The van der Waals surface area contributed by atoms with Gasteiger partial charge in [0.05, 0.1) is 0 Å². The first-order chi connectivity index (χ1) is 4.63. The zero-order chi connectivity index (χ0) is 7.72. The minimum absolute atomic E-state index is 0.108. The Morgan fingerprint density at radius 3 is 2.50 bits per heavy atom. The molecular formula is C7H8NOTa. The summed E-state index contributed by atoms with van der Waals surface area (Å²) in [6, 6.07) is 3.48. The Labute approximate surface area is 72.1 Å². The Morgan fingerprint density at radius 2 is 2.00 bits per heavy atom. The fraction of sp³-hybridized carbons (Fsp3) is 0.286. The van der Waals surface area contributed by atoms with Crippen molar-refractivity contribution in [3.05, 3.63) is 33.7 Å². The minimum atomic E-state index is 0.108. The summed E-state index contributed by atoms with van der Waals surface area (Å²) in [5, 5.41) is 0. The zero-order valence-electron chi connectivity index (χ0n) is 5.96. The molecule has 0 aliphatic heterocycles. The standard InChI is InChI=1S/C7H9NO.Ta/c1-5-3-4-7(9)8-6(5)2;/h3-4H,1-2H3,(H,8,9);/q;+1/p-1. The summed E-state index contributed by atoms with van der Waals surface area (Å²) in [5.41, 5.74) is 2.37. The summed E-state index contributed by atoms with van der Waals surface area (Å²) in [5.74, 6) is 0. The number of aryl methyl sites for hydroxylation is 1. The molecule has 0 atom stereocenters. The third-order valence-electron chi connectivity index (χ3n) is 1.57. The fourth-order valence-electron chi connectivity index (χ4n) is 0.720. The van der Waals surface area contributed by atoms with E-state index >= 15 is 0 Å². The molecule has 52 valence electrons. The number of hydrogen-bond acceptors (Lipinski definition) is 1. The first-order valence-electron chi connectivity index (χ1n) is 3.01. The first-order valence-corrected chi connectivity index (χ1v) is 4.45. The molecule has 2 nitrogen and oxygen atoms in total. The average Bonchev–Trinajstić information content (AvgIpc) is 1.93. The number of rotatable bonds is 0. The summed E-state index contributed by atoms with van der Waals surface area (Å²) in [6.07, 6.45) is 0. The van der Waals surface area contributed by atoms with Crippen LogP contribution in [-0.2, 0) is 21.3 Å². The zero-order valence-corrected chi connectivity index (χ0v) is 9.17. The van der Waals surface area contributed by atoms with Crippen LogP contribution in [0.15, 0.2) is 16.9 Å². The Balaban J connectivity index is 3.49. The van der Waals surface area contributed by atoms with Crippen molar-refractivity contribution in [1.82, 2.24) is 2.97 Å². The van der Waals surface area contributed by atoms with Crippen molar-refractivity contribution < 1.29 is 21.3 Å². The van der Waals surface area contributed by atoms with Gasteiger partial charge in [-0.2, -0.15) is 0 Å². The molecule has 0 bridgehead atoms. The number of hydrogen-bond donors (Lipinski definition) is 0. The molecule has 0 aliphatic carbocycles. The number of pyridine rings is 1. The third-order valence-corrected chi connectivity index (χ3v) is 3.36. The van der Waals surface area contributed by atoms with Crippen molar-refractivity contribution >= 4 is 0 Å². The normalized spacial score (nSPS) is 9.80. The van der Waals surface area contributed by atoms with Crippen LogP contribution in [0.2, 0.25) is 0 Å². The van der Waals surface area contributed by atoms with Crippen LogP contribution in [0.1, 0.15) is 11.3 Å². The van der Waals surface area contributed by atoms with E-state index in [-0.39, 0.29) is 5.56 Å². The van der Waals surface area contributed by atoms with Gasteiger partial charge in [0.15, 0.2) is 0 Å². The SMILES string of the molecule is Cc1ccc(=O)[n]([Ta])c1C. The Bertz CT molecular complexity index is 303. The van der Waals surface area contributed by atoms with Crippen molar-refractivity contribution in [3.8, 4) is 0 Å². The van der Waals surface area contributed by atoms with Gasteiger partial charge in [0.25, 0.3) is 0 Å². The van der Waals surface area contributed by atoms with Crippen LogP contribution in [-0.4, -0.2) is 2.97 Å². The Hall–Kier alpha value is -0.310. The molecule has 1 aromatic rings. The summed E-state index contributed by atoms with van der Waals surface area (Å²) in [4.78, 5) is 11.0. The Kier molecular flexibility index (Phi) is 2.14. The molecule has 0 amide bonds. The van der Waals surface area contributed by atoms with E-state index in [2.05, 4.69) is 0 Å². The van der Waals surface area contributed by atoms with E-state index in [9.17, 15) is 4.79 Å². The van der Waals surface area contributed by atoms with Crippen LogP contribution < -0.4 is 5.56 Å². The van der Waals surface area contributed by atoms with Gasteiger partial charge in [0.1, 0.15) is 0 Å². The average molecular weight is 303 g/mol. The molecule has 0 radical (unpaired) electrons. The maximum atomic E-state index is 11.0. The van der Waals surface area contributed by atoms with Gasteiger partial charge in [-0.05, 0) is 0 Å². The van der Waals surface area contributed by atoms with Gasteiger partial charge in [0, 0.05) is 0 Å². The van der Waals surface area contributed by atoms with Gasteiger partial charge < -0.3 is 0 Å². The van der Waals surface area contributed by atoms with Crippen LogP contribution in [0.25, 0.3) is 0 Å². The van der Waals surface area contributed by atoms with Gasteiger partial charge in [-0.3, -0.25) is 0 Å². The second-order valence-corrected chi connectivity index (χ2v) is 3.69. The number of nitrogens with zero attached hydrogens (tertiary/aromatic N) is 1. The fourth-order valence-corrected chi connectivity index (χ4v) is 1.53. The van der Waals surface area contributed by atoms with Crippen molar-refractivity contribution in [2.75, 3.05) is 0 Å². The predicted octanol–water partition coefficient (Wildman–Crippen LogP) is 0.775. The van der Waals surface area contributed by atoms with Gasteiger partial charge in [0.2, 0.25) is 0 Å². The monoisotopic (exact) mass is 303 g/mol. The summed E-state index contributed by atoms with van der Waals surface area (Å²) in [7, 11) is 0. The van der Waals surface area contributed by atoms with E-state index in [1.165, 1.54) is 5.56 Å². The van der Waals surface area contributed by atoms with Gasteiger partial charge >= 0.3 is 71.9 Å². The number of aromatic nitrogens is 1. The molecule has 3 heteroatoms. The van der Waals surface area contributed by atoms with E-state index in [1.54, 1.807) is 9.04 Å². The van der Waals surface area contributed by atoms with Crippen molar-refractivity contribution in [2.45, 2.75) is 13.8 Å². The molecule has 0 saturated carbocycles. The maximum absolute atomic E-state index is 11.0. The van der Waals surface area contributed by atoms with Crippen LogP contribution in [0.4, 0.5) is 0 Å². The first kappa shape index (κ1) is 7.79. The van der Waals surface area contributed by atoms with Gasteiger partial charge in [-0.15, -0.1) is 0 Å². The molecule has 0 unspecified atom stereocenters. The van der Waals surface area contributed by atoms with Crippen LogP contribution in [0.5, 0.6) is 0 Å². The predicted molar refractivity (Wildman–Crippen MR) is 35.6 cm³/mol. The molecule has 0 N–H and O–H groups in total. The van der Waals surface area contributed by atoms with Gasteiger partial charge in [-0.25, -0.2) is 0 Å². The summed E-state index contributed by atoms with van der Waals surface area (Å²) in [6.45, 7) is 3.98. The van der Waals surface area contributed by atoms with E-state index < -0.39 is 0 Å². The molecule has 1 heterocycles. The van der Waals surface area contributed by atoms with Crippen molar-refractivity contribution in [2.24, 2.45) is 0 Å². The summed E-state index contributed by atoms with van der Waals surface area (Å²) < 4.78 is 1.76. The second-order valence-electron chi connectivity index (χ2n) is 2.25. The molecular weight excluding hydrogens is 295 g/mol. The molecule has 10 heavy (non-hydrogen) atoms. The van der Waals surface area contributed by atoms with E-state index in [1.807, 2.05) is 19.9 Å². The van der Waals surface area contributed by atoms with Crippen molar-refractivity contribution in [3.63, 3.8) is 0 Å². The van der Waals surface area contributed by atoms with Crippen LogP contribution in [0, 0.1) is 13.8 Å². The van der Waals surface area contributed by atoms with E-state index in [0.717, 1.165) is 27.0 Å².